The zero-order valence-corrected chi connectivity index (χ0v) is 22.2. The predicted molar refractivity (Wildman–Crippen MR) is 154 cm³/mol. The largest absolute Gasteiger partial charge is 0.355 e. The highest BCUT2D eigenvalue weighted by molar-refractivity contribution is 5.88. The Bertz CT molecular complexity index is 1250. The van der Waals surface area contributed by atoms with E-state index in [0.717, 1.165) is 27.8 Å². The van der Waals surface area contributed by atoms with Gasteiger partial charge in [-0.05, 0) is 36.1 Å². The van der Waals surface area contributed by atoms with Gasteiger partial charge in [0.1, 0.15) is 6.04 Å². The summed E-state index contributed by atoms with van der Waals surface area (Å²) in [7, 11) is 0. The summed E-state index contributed by atoms with van der Waals surface area (Å²) >= 11 is 0. The van der Waals surface area contributed by atoms with Crippen molar-refractivity contribution >= 4 is 11.8 Å². The Morgan fingerprint density at radius 3 is 1.76 bits per heavy atom. The molecule has 4 nitrogen and oxygen atoms in total. The summed E-state index contributed by atoms with van der Waals surface area (Å²) in [6, 6.07) is 37.8. The molecule has 0 radical (unpaired) electrons. The van der Waals surface area contributed by atoms with Crippen molar-refractivity contribution in [3.8, 4) is 0 Å². The second kappa shape index (κ2) is 13.4. The zero-order chi connectivity index (χ0) is 26.7. The summed E-state index contributed by atoms with van der Waals surface area (Å²) in [5.41, 5.74) is 5.35. The van der Waals surface area contributed by atoms with E-state index < -0.39 is 6.04 Å². The van der Waals surface area contributed by atoms with Crippen molar-refractivity contribution in [3.63, 3.8) is 0 Å². The second-order valence-electron chi connectivity index (χ2n) is 9.69. The minimum atomic E-state index is -0.627. The van der Waals surface area contributed by atoms with Crippen molar-refractivity contribution in [3.05, 3.63) is 143 Å². The molecule has 0 aromatic heterocycles. The van der Waals surface area contributed by atoms with E-state index in [1.165, 1.54) is 0 Å². The van der Waals surface area contributed by atoms with Crippen LogP contribution in [0.15, 0.2) is 115 Å². The molecular weight excluding hydrogens is 468 g/mol. The molecule has 1 N–H and O–H groups in total. The number of carbonyl (C=O) groups excluding carboxylic acids is 2. The van der Waals surface area contributed by atoms with Crippen LogP contribution in [-0.4, -0.2) is 29.3 Å². The van der Waals surface area contributed by atoms with Crippen molar-refractivity contribution < 1.29 is 9.59 Å². The third-order valence-corrected chi connectivity index (χ3v) is 6.88. The summed E-state index contributed by atoms with van der Waals surface area (Å²) < 4.78 is 0. The predicted octanol–water partition coefficient (Wildman–Crippen LogP) is 6.29. The van der Waals surface area contributed by atoms with Gasteiger partial charge >= 0.3 is 0 Å². The number of rotatable bonds is 11. The van der Waals surface area contributed by atoms with Crippen molar-refractivity contribution in [1.29, 1.82) is 0 Å². The lowest BCUT2D eigenvalue weighted by Crippen LogP contribution is -2.50. The van der Waals surface area contributed by atoms with Gasteiger partial charge < -0.3 is 10.2 Å². The van der Waals surface area contributed by atoms with E-state index >= 15 is 0 Å². The molecule has 0 bridgehead atoms. The quantitative estimate of drug-likeness (QED) is 0.261. The molecule has 0 spiro atoms. The summed E-state index contributed by atoms with van der Waals surface area (Å²) in [5.74, 6) is -0.291. The number of hydrogen-bond donors (Lipinski definition) is 1. The fourth-order valence-corrected chi connectivity index (χ4v) is 4.83. The van der Waals surface area contributed by atoms with Crippen LogP contribution in [0.3, 0.4) is 0 Å². The van der Waals surface area contributed by atoms with Gasteiger partial charge in [-0.25, -0.2) is 0 Å². The first kappa shape index (κ1) is 26.9. The normalized spacial score (nSPS) is 11.7. The summed E-state index contributed by atoms with van der Waals surface area (Å²) in [6.07, 6.45) is 0.718. The molecule has 38 heavy (non-hydrogen) atoms. The number of carbonyl (C=O) groups is 2. The Labute approximate surface area is 226 Å². The molecule has 4 aromatic rings. The van der Waals surface area contributed by atoms with E-state index in [1.807, 2.05) is 105 Å². The van der Waals surface area contributed by atoms with Crippen LogP contribution < -0.4 is 5.32 Å². The van der Waals surface area contributed by atoms with E-state index in [4.69, 9.17) is 0 Å². The van der Waals surface area contributed by atoms with Crippen molar-refractivity contribution in [1.82, 2.24) is 10.2 Å². The van der Waals surface area contributed by atoms with Gasteiger partial charge in [-0.3, -0.25) is 9.59 Å². The molecule has 4 rings (SSSR count). The maximum Gasteiger partial charge on any atom is 0.243 e. The highest BCUT2D eigenvalue weighted by Gasteiger charge is 2.32. The monoisotopic (exact) mass is 504 g/mol. The molecule has 1 atom stereocenters. The molecule has 4 heteroatoms. The van der Waals surface area contributed by atoms with Crippen LogP contribution in [0.2, 0.25) is 0 Å². The van der Waals surface area contributed by atoms with E-state index in [-0.39, 0.29) is 24.2 Å². The molecule has 0 saturated carbocycles. The van der Waals surface area contributed by atoms with Gasteiger partial charge in [0.15, 0.2) is 0 Å². The first-order valence-corrected chi connectivity index (χ1v) is 13.3. The van der Waals surface area contributed by atoms with Gasteiger partial charge in [0.2, 0.25) is 11.8 Å². The second-order valence-corrected chi connectivity index (χ2v) is 9.69. The van der Waals surface area contributed by atoms with E-state index in [1.54, 1.807) is 4.90 Å². The number of aryl methyl sites for hydroxylation is 1. The van der Waals surface area contributed by atoms with Gasteiger partial charge in [-0.2, -0.15) is 0 Å². The smallest absolute Gasteiger partial charge is 0.243 e. The third-order valence-electron chi connectivity index (χ3n) is 6.88. The fourth-order valence-electron chi connectivity index (χ4n) is 4.83. The number of amides is 2. The number of likely N-dealkylation sites (N-methyl/N-ethyl adjacent to an activating group) is 1. The van der Waals surface area contributed by atoms with E-state index in [0.29, 0.717) is 19.5 Å². The Kier molecular flexibility index (Phi) is 9.47. The number of nitrogens with one attached hydrogen (secondary N) is 1. The average Bonchev–Trinajstić information content (AvgIpc) is 2.96. The first-order chi connectivity index (χ1) is 18.5. The lowest BCUT2D eigenvalue weighted by molar-refractivity contribution is -0.141. The minimum Gasteiger partial charge on any atom is -0.355 e. The highest BCUT2D eigenvalue weighted by atomic mass is 16.2. The maximum atomic E-state index is 14.3. The van der Waals surface area contributed by atoms with Gasteiger partial charge in [0, 0.05) is 31.8 Å². The first-order valence-electron chi connectivity index (χ1n) is 13.3. The van der Waals surface area contributed by atoms with Gasteiger partial charge in [-0.1, -0.05) is 121 Å². The van der Waals surface area contributed by atoms with Crippen LogP contribution in [0, 0.1) is 6.92 Å². The molecule has 194 valence electrons. The lowest BCUT2D eigenvalue weighted by atomic mass is 9.87. The molecule has 2 amide bonds. The topological polar surface area (TPSA) is 49.4 Å². The SMILES string of the molecule is CCNC(=O)C(Cc1ccccc1)N(Cc1ccc(C)cc1)C(=O)CC(c1ccccc1)c1ccccc1. The van der Waals surface area contributed by atoms with Crippen LogP contribution in [0.25, 0.3) is 0 Å². The van der Waals surface area contributed by atoms with Gasteiger partial charge in [0.05, 0.1) is 0 Å². The maximum absolute atomic E-state index is 14.3. The lowest BCUT2D eigenvalue weighted by Gasteiger charge is -2.33. The Morgan fingerprint density at radius 1 is 0.711 bits per heavy atom. The van der Waals surface area contributed by atoms with Crippen LogP contribution in [0.5, 0.6) is 0 Å². The van der Waals surface area contributed by atoms with Crippen molar-refractivity contribution in [2.45, 2.75) is 45.2 Å². The molecule has 4 aromatic carbocycles. The Morgan fingerprint density at radius 2 is 1.24 bits per heavy atom. The van der Waals surface area contributed by atoms with Crippen molar-refractivity contribution in [2.75, 3.05) is 6.54 Å². The molecule has 0 aliphatic heterocycles. The minimum absolute atomic E-state index is 0.0459. The van der Waals surface area contributed by atoms with Crippen molar-refractivity contribution in [2.24, 2.45) is 0 Å². The highest BCUT2D eigenvalue weighted by Crippen LogP contribution is 2.30. The average molecular weight is 505 g/mol. The Balaban J connectivity index is 1.71. The van der Waals surface area contributed by atoms with Gasteiger partial charge in [0.25, 0.3) is 0 Å². The van der Waals surface area contributed by atoms with Crippen LogP contribution in [0.1, 0.15) is 47.1 Å². The van der Waals surface area contributed by atoms with Gasteiger partial charge in [-0.15, -0.1) is 0 Å². The molecule has 0 heterocycles. The van der Waals surface area contributed by atoms with Crippen LogP contribution in [0.4, 0.5) is 0 Å². The summed E-state index contributed by atoms with van der Waals surface area (Å²) in [6.45, 7) is 4.83. The summed E-state index contributed by atoms with van der Waals surface area (Å²) in [4.78, 5) is 29.5. The Hall–Kier alpha value is -4.18. The van der Waals surface area contributed by atoms with Crippen LogP contribution >= 0.6 is 0 Å². The summed E-state index contributed by atoms with van der Waals surface area (Å²) in [5, 5.41) is 2.98. The molecular formula is C34H36N2O2. The molecule has 0 aliphatic rings. The zero-order valence-electron chi connectivity index (χ0n) is 22.2. The van der Waals surface area contributed by atoms with Crippen LogP contribution in [-0.2, 0) is 22.6 Å². The standard InChI is InChI=1S/C34H36N2O2/c1-3-35-34(38)32(23-27-13-7-4-8-14-27)36(25-28-21-19-26(2)20-22-28)33(37)24-31(29-15-9-5-10-16-29)30-17-11-6-12-18-30/h4-22,31-32H,3,23-25H2,1-2H3,(H,35,38). The number of nitrogens with zero attached hydrogens (tertiary/aromatic N) is 1. The molecule has 0 saturated heterocycles. The van der Waals surface area contributed by atoms with E-state index in [9.17, 15) is 9.59 Å². The molecule has 0 aliphatic carbocycles. The number of benzene rings is 4. The number of hydrogen-bond acceptors (Lipinski definition) is 2. The fraction of sp³-hybridized carbons (Fsp3) is 0.235. The van der Waals surface area contributed by atoms with E-state index in [2.05, 4.69) is 29.6 Å². The third kappa shape index (κ3) is 7.19. The molecule has 1 unspecified atom stereocenters. The molecule has 0 fully saturated rings.